The highest BCUT2D eigenvalue weighted by Gasteiger charge is 2.45. The molecule has 1 nitrogen and oxygen atoms in total. The maximum absolute atomic E-state index is 13.1. The van der Waals surface area contributed by atoms with Crippen LogP contribution in [0.1, 0.15) is 13.8 Å². The second kappa shape index (κ2) is 2.70. The molecule has 0 aliphatic carbocycles. The fourth-order valence-corrected chi connectivity index (χ4v) is 1.74. The average molecular weight is 163 g/mol. The molecule has 11 heavy (non-hydrogen) atoms. The molecule has 1 fully saturated rings. The molecule has 1 aliphatic heterocycles. The van der Waals surface area contributed by atoms with Crippen LogP contribution in [0.25, 0.3) is 0 Å². The highest BCUT2D eigenvalue weighted by Crippen LogP contribution is 2.36. The minimum Gasteiger partial charge on any atom is -0.305 e. The standard InChI is InChI=1S/C8H15F2N/c1-6-4-11(3)5-7(2)8(6,9)10/h6-7H,4-5H2,1-3H3. The molecule has 0 aromatic rings. The van der Waals surface area contributed by atoms with Crippen LogP contribution in [0.4, 0.5) is 8.78 Å². The first-order valence-corrected chi connectivity index (χ1v) is 4.01. The molecule has 1 saturated heterocycles. The summed E-state index contributed by atoms with van der Waals surface area (Å²) >= 11 is 0. The summed E-state index contributed by atoms with van der Waals surface area (Å²) in [5, 5.41) is 0. The molecule has 66 valence electrons. The predicted octanol–water partition coefficient (Wildman–Crippen LogP) is 1.84. The number of hydrogen-bond acceptors (Lipinski definition) is 1. The summed E-state index contributed by atoms with van der Waals surface area (Å²) in [6.45, 7) is 4.26. The van der Waals surface area contributed by atoms with Gasteiger partial charge in [-0.15, -0.1) is 0 Å². The summed E-state index contributed by atoms with van der Waals surface area (Å²) in [6, 6.07) is 0. The fraction of sp³-hybridized carbons (Fsp3) is 1.00. The average Bonchev–Trinajstić information content (AvgIpc) is 1.84. The third kappa shape index (κ3) is 1.53. The van der Waals surface area contributed by atoms with Crippen LogP contribution in [-0.2, 0) is 0 Å². The topological polar surface area (TPSA) is 3.24 Å². The van der Waals surface area contributed by atoms with Crippen LogP contribution in [0.5, 0.6) is 0 Å². The molecule has 0 aromatic heterocycles. The number of piperidine rings is 1. The van der Waals surface area contributed by atoms with E-state index >= 15 is 0 Å². The molecule has 2 unspecified atom stereocenters. The van der Waals surface area contributed by atoms with Crippen LogP contribution in [-0.4, -0.2) is 31.0 Å². The highest BCUT2D eigenvalue weighted by atomic mass is 19.3. The Kier molecular flexibility index (Phi) is 2.19. The molecule has 1 heterocycles. The van der Waals surface area contributed by atoms with Crippen molar-refractivity contribution in [2.45, 2.75) is 19.8 Å². The van der Waals surface area contributed by atoms with Gasteiger partial charge in [-0.2, -0.15) is 0 Å². The van der Waals surface area contributed by atoms with Crippen LogP contribution < -0.4 is 0 Å². The van der Waals surface area contributed by atoms with Gasteiger partial charge in [0.15, 0.2) is 0 Å². The number of hydrogen-bond donors (Lipinski definition) is 0. The molecule has 1 aliphatic rings. The van der Waals surface area contributed by atoms with Crippen molar-refractivity contribution < 1.29 is 8.78 Å². The minimum absolute atomic E-state index is 0.503. The van der Waals surface area contributed by atoms with Crippen LogP contribution in [0.2, 0.25) is 0 Å². The zero-order valence-electron chi connectivity index (χ0n) is 7.27. The third-order valence-electron chi connectivity index (χ3n) is 2.49. The van der Waals surface area contributed by atoms with E-state index in [1.165, 1.54) is 0 Å². The molecule has 1 rings (SSSR count). The lowest BCUT2D eigenvalue weighted by atomic mass is 9.87. The number of likely N-dealkylation sites (tertiary alicyclic amines) is 1. The fourth-order valence-electron chi connectivity index (χ4n) is 1.74. The van der Waals surface area contributed by atoms with Crippen molar-refractivity contribution in [3.05, 3.63) is 0 Å². The monoisotopic (exact) mass is 163 g/mol. The molecule has 3 heteroatoms. The zero-order valence-corrected chi connectivity index (χ0v) is 7.27. The van der Waals surface area contributed by atoms with Crippen molar-refractivity contribution in [2.24, 2.45) is 11.8 Å². The minimum atomic E-state index is -2.47. The quantitative estimate of drug-likeness (QED) is 0.526. The Morgan fingerprint density at radius 2 is 1.55 bits per heavy atom. The molecule has 0 aromatic carbocycles. The lowest BCUT2D eigenvalue weighted by Gasteiger charge is -2.39. The van der Waals surface area contributed by atoms with E-state index in [1.54, 1.807) is 13.8 Å². The molecule has 0 N–H and O–H groups in total. The molecular formula is C8H15F2N. The largest absolute Gasteiger partial charge is 0.305 e. The first-order valence-electron chi connectivity index (χ1n) is 4.01. The number of alkyl halides is 2. The number of nitrogens with zero attached hydrogens (tertiary/aromatic N) is 1. The maximum Gasteiger partial charge on any atom is 0.255 e. The van der Waals surface area contributed by atoms with E-state index in [9.17, 15) is 8.78 Å². The van der Waals surface area contributed by atoms with Gasteiger partial charge < -0.3 is 4.90 Å². The summed E-state index contributed by atoms with van der Waals surface area (Å²) in [6.07, 6.45) is 0. The van der Waals surface area contributed by atoms with Crippen molar-refractivity contribution in [1.82, 2.24) is 4.90 Å². The van der Waals surface area contributed by atoms with Gasteiger partial charge in [0.2, 0.25) is 0 Å². The van der Waals surface area contributed by atoms with Gasteiger partial charge in [-0.05, 0) is 7.05 Å². The molecule has 0 radical (unpaired) electrons. The zero-order chi connectivity index (χ0) is 8.65. The Hall–Kier alpha value is -0.180. The first-order chi connectivity index (χ1) is 4.94. The molecule has 2 atom stereocenters. The van der Waals surface area contributed by atoms with Crippen molar-refractivity contribution in [3.8, 4) is 0 Å². The van der Waals surface area contributed by atoms with Crippen LogP contribution >= 0.6 is 0 Å². The van der Waals surface area contributed by atoms with Gasteiger partial charge in [-0.3, -0.25) is 0 Å². The Bertz CT molecular complexity index is 133. The van der Waals surface area contributed by atoms with E-state index in [1.807, 2.05) is 11.9 Å². The molecule has 0 saturated carbocycles. The Morgan fingerprint density at radius 3 is 1.91 bits per heavy atom. The van der Waals surface area contributed by atoms with Crippen molar-refractivity contribution in [3.63, 3.8) is 0 Å². The summed E-state index contributed by atoms with van der Waals surface area (Å²) in [7, 11) is 1.89. The second-order valence-corrected chi connectivity index (χ2v) is 3.70. The van der Waals surface area contributed by atoms with Crippen LogP contribution in [0, 0.1) is 11.8 Å². The van der Waals surface area contributed by atoms with Crippen LogP contribution in [0.3, 0.4) is 0 Å². The van der Waals surface area contributed by atoms with Gasteiger partial charge in [-0.25, -0.2) is 8.78 Å². The van der Waals surface area contributed by atoms with E-state index in [-0.39, 0.29) is 0 Å². The number of halogens is 2. The summed E-state index contributed by atoms with van der Waals surface area (Å²) in [5.74, 6) is -3.47. The van der Waals surface area contributed by atoms with Gasteiger partial charge in [0.1, 0.15) is 0 Å². The number of rotatable bonds is 0. The summed E-state index contributed by atoms with van der Waals surface area (Å²) in [4.78, 5) is 1.97. The van der Waals surface area contributed by atoms with Gasteiger partial charge in [0.25, 0.3) is 5.92 Å². The Morgan fingerprint density at radius 1 is 1.18 bits per heavy atom. The van der Waals surface area contributed by atoms with E-state index in [4.69, 9.17) is 0 Å². The normalized spacial score (nSPS) is 39.0. The van der Waals surface area contributed by atoms with Crippen molar-refractivity contribution in [2.75, 3.05) is 20.1 Å². The van der Waals surface area contributed by atoms with Gasteiger partial charge in [0.05, 0.1) is 0 Å². The lowest BCUT2D eigenvalue weighted by Crippen LogP contribution is -2.50. The van der Waals surface area contributed by atoms with E-state index < -0.39 is 17.8 Å². The lowest BCUT2D eigenvalue weighted by molar-refractivity contribution is -0.135. The first kappa shape index (κ1) is 8.91. The predicted molar refractivity (Wildman–Crippen MR) is 40.8 cm³/mol. The Balaban J connectivity index is 2.67. The van der Waals surface area contributed by atoms with Crippen molar-refractivity contribution in [1.29, 1.82) is 0 Å². The maximum atomic E-state index is 13.1. The SMILES string of the molecule is CC1CN(C)CC(C)C1(F)F. The second-order valence-electron chi connectivity index (χ2n) is 3.70. The van der Waals surface area contributed by atoms with Gasteiger partial charge >= 0.3 is 0 Å². The Labute approximate surface area is 66.4 Å². The van der Waals surface area contributed by atoms with Crippen molar-refractivity contribution >= 4 is 0 Å². The van der Waals surface area contributed by atoms with E-state index in [0.29, 0.717) is 13.1 Å². The summed E-state index contributed by atoms with van der Waals surface area (Å²) < 4.78 is 26.3. The van der Waals surface area contributed by atoms with Gasteiger partial charge in [-0.1, -0.05) is 13.8 Å². The third-order valence-corrected chi connectivity index (χ3v) is 2.49. The highest BCUT2D eigenvalue weighted by molar-refractivity contribution is 4.87. The summed E-state index contributed by atoms with van der Waals surface area (Å²) in [5.41, 5.74) is 0. The van der Waals surface area contributed by atoms with E-state index in [2.05, 4.69) is 0 Å². The smallest absolute Gasteiger partial charge is 0.255 e. The molecule has 0 bridgehead atoms. The molecule has 0 amide bonds. The molecule has 0 spiro atoms. The van der Waals surface area contributed by atoms with E-state index in [0.717, 1.165) is 0 Å². The van der Waals surface area contributed by atoms with Gasteiger partial charge in [0, 0.05) is 24.9 Å². The molecular weight excluding hydrogens is 148 g/mol. The van der Waals surface area contributed by atoms with Crippen LogP contribution in [0.15, 0.2) is 0 Å².